The van der Waals surface area contributed by atoms with E-state index in [9.17, 15) is 9.59 Å². The molecule has 0 bridgehead atoms. The first-order valence-corrected chi connectivity index (χ1v) is 8.12. The average molecular weight is 358 g/mol. The largest absolute Gasteiger partial charge is 0.352 e. The number of aromatic nitrogens is 1. The van der Waals surface area contributed by atoms with E-state index in [1.165, 1.54) is 0 Å². The van der Waals surface area contributed by atoms with Gasteiger partial charge in [0.05, 0.1) is 6.54 Å². The highest BCUT2D eigenvalue weighted by atomic mass is 79.9. The number of nitrogens with zero attached hydrogens (tertiary/aromatic N) is 2. The molecule has 0 aliphatic rings. The molecule has 0 fully saturated rings. The van der Waals surface area contributed by atoms with E-state index in [0.29, 0.717) is 12.2 Å². The molecule has 6 heteroatoms. The number of nitrogens with one attached hydrogen (secondary N) is 1. The Labute approximate surface area is 134 Å². The maximum atomic E-state index is 12.6. The molecule has 2 amide bonds. The number of halogens is 1. The van der Waals surface area contributed by atoms with Crippen molar-refractivity contribution in [3.63, 3.8) is 0 Å². The Kier molecular flexibility index (Phi) is 6.95. The Hall–Kier alpha value is -1.30. The Balaban J connectivity index is 2.85. The fraction of sp³-hybridized carbons (Fsp3) is 0.600. The van der Waals surface area contributed by atoms with Crippen LogP contribution in [0.3, 0.4) is 0 Å². The highest BCUT2D eigenvalue weighted by Gasteiger charge is 2.21. The van der Waals surface area contributed by atoms with Gasteiger partial charge in [0.2, 0.25) is 5.91 Å². The Morgan fingerprint density at radius 3 is 2.57 bits per heavy atom. The lowest BCUT2D eigenvalue weighted by atomic mass is 10.3. The lowest BCUT2D eigenvalue weighted by molar-refractivity contribution is -0.122. The van der Waals surface area contributed by atoms with Gasteiger partial charge in [0.25, 0.3) is 5.91 Å². The van der Waals surface area contributed by atoms with Crippen molar-refractivity contribution in [3.05, 3.63) is 22.4 Å². The highest BCUT2D eigenvalue weighted by Crippen LogP contribution is 2.17. The monoisotopic (exact) mass is 357 g/mol. The van der Waals surface area contributed by atoms with Gasteiger partial charge in [-0.1, -0.05) is 6.92 Å². The molecule has 0 aliphatic carbocycles. The summed E-state index contributed by atoms with van der Waals surface area (Å²) in [7, 11) is 0. The Bertz CT molecular complexity index is 497. The van der Waals surface area contributed by atoms with Crippen LogP contribution in [0.5, 0.6) is 0 Å². The van der Waals surface area contributed by atoms with Gasteiger partial charge in [0.1, 0.15) is 5.69 Å². The lowest BCUT2D eigenvalue weighted by Crippen LogP contribution is -2.43. The van der Waals surface area contributed by atoms with Crippen LogP contribution < -0.4 is 5.32 Å². The van der Waals surface area contributed by atoms with Gasteiger partial charge in [-0.05, 0) is 49.2 Å². The Morgan fingerprint density at radius 1 is 1.38 bits per heavy atom. The van der Waals surface area contributed by atoms with Gasteiger partial charge in [-0.25, -0.2) is 0 Å². The van der Waals surface area contributed by atoms with E-state index in [4.69, 9.17) is 0 Å². The van der Waals surface area contributed by atoms with Crippen molar-refractivity contribution in [2.45, 2.75) is 46.7 Å². The summed E-state index contributed by atoms with van der Waals surface area (Å²) >= 11 is 3.41. The third kappa shape index (κ3) is 5.19. The molecule has 0 aliphatic heterocycles. The summed E-state index contributed by atoms with van der Waals surface area (Å²) in [6.45, 7) is 9.11. The SMILES string of the molecule is CCCn1cc(Br)cc1C(=O)N(CC)CC(=O)NC(C)C. The van der Waals surface area contributed by atoms with Crippen molar-refractivity contribution in [2.24, 2.45) is 0 Å². The lowest BCUT2D eigenvalue weighted by Gasteiger charge is -2.21. The first kappa shape index (κ1) is 17.8. The van der Waals surface area contributed by atoms with Gasteiger partial charge in [0, 0.05) is 29.8 Å². The number of rotatable bonds is 7. The number of likely N-dealkylation sites (N-methyl/N-ethyl adjacent to an activating group) is 1. The minimum atomic E-state index is -0.132. The fourth-order valence-electron chi connectivity index (χ4n) is 2.11. The standard InChI is InChI=1S/C15H24BrN3O2/c1-5-7-19-9-12(16)8-13(19)15(21)18(6-2)10-14(20)17-11(3)4/h8-9,11H,5-7,10H2,1-4H3,(H,17,20). The molecule has 0 atom stereocenters. The quantitative estimate of drug-likeness (QED) is 0.815. The van der Waals surface area contributed by atoms with Crippen LogP contribution >= 0.6 is 15.9 Å². The zero-order valence-electron chi connectivity index (χ0n) is 13.1. The number of hydrogen-bond acceptors (Lipinski definition) is 2. The summed E-state index contributed by atoms with van der Waals surface area (Å²) in [5.41, 5.74) is 0.614. The third-order valence-electron chi connectivity index (χ3n) is 3.00. The maximum absolute atomic E-state index is 12.6. The van der Waals surface area contributed by atoms with Crippen molar-refractivity contribution >= 4 is 27.7 Å². The van der Waals surface area contributed by atoms with Crippen LogP contribution in [0, 0.1) is 0 Å². The van der Waals surface area contributed by atoms with E-state index in [2.05, 4.69) is 28.2 Å². The van der Waals surface area contributed by atoms with Gasteiger partial charge in [-0.15, -0.1) is 0 Å². The molecule has 5 nitrogen and oxygen atoms in total. The fourth-order valence-corrected chi connectivity index (χ4v) is 2.57. The van der Waals surface area contributed by atoms with Gasteiger partial charge in [-0.2, -0.15) is 0 Å². The zero-order valence-corrected chi connectivity index (χ0v) is 14.7. The van der Waals surface area contributed by atoms with E-state index >= 15 is 0 Å². The zero-order chi connectivity index (χ0) is 16.0. The molecule has 1 rings (SSSR count). The number of carbonyl (C=O) groups is 2. The van der Waals surface area contributed by atoms with E-state index in [0.717, 1.165) is 17.4 Å². The Morgan fingerprint density at radius 2 is 2.05 bits per heavy atom. The van der Waals surface area contributed by atoms with Crippen LogP contribution in [0.15, 0.2) is 16.7 Å². The molecule has 1 aromatic heterocycles. The molecule has 0 unspecified atom stereocenters. The predicted octanol–water partition coefficient (Wildman–Crippen LogP) is 2.65. The van der Waals surface area contributed by atoms with Gasteiger partial charge < -0.3 is 14.8 Å². The van der Waals surface area contributed by atoms with Crippen molar-refractivity contribution in [1.82, 2.24) is 14.8 Å². The topological polar surface area (TPSA) is 54.3 Å². The van der Waals surface area contributed by atoms with Crippen LogP contribution in [0.25, 0.3) is 0 Å². The molecule has 1 aromatic rings. The minimum absolute atomic E-state index is 0.0735. The molecule has 0 radical (unpaired) electrons. The van der Waals surface area contributed by atoms with Gasteiger partial charge in [0.15, 0.2) is 0 Å². The normalized spacial score (nSPS) is 10.8. The van der Waals surface area contributed by atoms with Crippen LogP contribution in [-0.2, 0) is 11.3 Å². The van der Waals surface area contributed by atoms with Crippen LogP contribution in [-0.4, -0.2) is 40.4 Å². The van der Waals surface area contributed by atoms with E-state index in [1.807, 2.05) is 31.5 Å². The third-order valence-corrected chi connectivity index (χ3v) is 3.43. The summed E-state index contributed by atoms with van der Waals surface area (Å²) in [6, 6.07) is 1.88. The summed E-state index contributed by atoms with van der Waals surface area (Å²) in [6.07, 6.45) is 2.85. The van der Waals surface area contributed by atoms with Crippen molar-refractivity contribution in [2.75, 3.05) is 13.1 Å². The van der Waals surface area contributed by atoms with Gasteiger partial charge in [-0.3, -0.25) is 9.59 Å². The summed E-state index contributed by atoms with van der Waals surface area (Å²) < 4.78 is 2.80. The average Bonchev–Trinajstić information content (AvgIpc) is 2.75. The molecule has 0 aromatic carbocycles. The summed E-state index contributed by atoms with van der Waals surface area (Å²) in [4.78, 5) is 26.0. The number of aryl methyl sites for hydroxylation is 1. The van der Waals surface area contributed by atoms with Crippen molar-refractivity contribution in [1.29, 1.82) is 0 Å². The van der Waals surface area contributed by atoms with Crippen LogP contribution in [0.4, 0.5) is 0 Å². The van der Waals surface area contributed by atoms with E-state index < -0.39 is 0 Å². The number of carbonyl (C=O) groups excluding carboxylic acids is 2. The molecule has 118 valence electrons. The number of amides is 2. The predicted molar refractivity (Wildman–Crippen MR) is 87.3 cm³/mol. The van der Waals surface area contributed by atoms with Gasteiger partial charge >= 0.3 is 0 Å². The van der Waals surface area contributed by atoms with Crippen LogP contribution in [0.2, 0.25) is 0 Å². The smallest absolute Gasteiger partial charge is 0.270 e. The second kappa shape index (κ2) is 8.22. The maximum Gasteiger partial charge on any atom is 0.270 e. The molecule has 0 saturated carbocycles. The highest BCUT2D eigenvalue weighted by molar-refractivity contribution is 9.10. The molecular formula is C15H24BrN3O2. The second-order valence-corrected chi connectivity index (χ2v) is 6.19. The molecule has 1 heterocycles. The summed E-state index contributed by atoms with van der Waals surface area (Å²) in [5.74, 6) is -0.247. The molecular weight excluding hydrogens is 334 g/mol. The van der Waals surface area contributed by atoms with Crippen molar-refractivity contribution in [3.8, 4) is 0 Å². The van der Waals surface area contributed by atoms with Crippen LogP contribution in [0.1, 0.15) is 44.6 Å². The van der Waals surface area contributed by atoms with E-state index in [-0.39, 0.29) is 24.4 Å². The second-order valence-electron chi connectivity index (χ2n) is 5.28. The number of hydrogen-bond donors (Lipinski definition) is 1. The first-order chi connectivity index (χ1) is 9.88. The molecule has 0 spiro atoms. The molecule has 0 saturated heterocycles. The first-order valence-electron chi connectivity index (χ1n) is 7.33. The molecule has 21 heavy (non-hydrogen) atoms. The van der Waals surface area contributed by atoms with E-state index in [1.54, 1.807) is 11.0 Å². The molecule has 1 N–H and O–H groups in total. The summed E-state index contributed by atoms with van der Waals surface area (Å²) in [5, 5.41) is 2.81. The van der Waals surface area contributed by atoms with Crippen molar-refractivity contribution < 1.29 is 9.59 Å². The minimum Gasteiger partial charge on any atom is -0.352 e.